The fourth-order valence-electron chi connectivity index (χ4n) is 2.52. The molecule has 0 aliphatic carbocycles. The third kappa shape index (κ3) is 2.13. The predicted molar refractivity (Wildman–Crippen MR) is 73.1 cm³/mol. The van der Waals surface area contributed by atoms with Crippen molar-refractivity contribution in [1.29, 1.82) is 0 Å². The summed E-state index contributed by atoms with van der Waals surface area (Å²) in [5.74, 6) is -0.116. The van der Waals surface area contributed by atoms with E-state index in [4.69, 9.17) is 5.73 Å². The van der Waals surface area contributed by atoms with Crippen molar-refractivity contribution in [3.63, 3.8) is 0 Å². The fraction of sp³-hybridized carbons (Fsp3) is 0.286. The molecule has 0 spiro atoms. The van der Waals surface area contributed by atoms with Crippen molar-refractivity contribution in [1.82, 2.24) is 9.88 Å². The molecular formula is C14H15N3O2. The van der Waals surface area contributed by atoms with Crippen LogP contribution in [0.15, 0.2) is 35.1 Å². The van der Waals surface area contributed by atoms with E-state index < -0.39 is 0 Å². The van der Waals surface area contributed by atoms with Crippen LogP contribution in [0, 0.1) is 0 Å². The first-order chi connectivity index (χ1) is 9.15. The number of amides is 1. The lowest BCUT2D eigenvalue weighted by Crippen LogP contribution is -2.32. The summed E-state index contributed by atoms with van der Waals surface area (Å²) in [4.78, 5) is 28.6. The number of fused-ring (bicyclic) bond motifs is 1. The van der Waals surface area contributed by atoms with Gasteiger partial charge in [-0.1, -0.05) is 18.2 Å². The van der Waals surface area contributed by atoms with Gasteiger partial charge in [-0.15, -0.1) is 0 Å². The highest BCUT2D eigenvalue weighted by molar-refractivity contribution is 6.06. The van der Waals surface area contributed by atoms with Gasteiger partial charge in [-0.05, 0) is 12.5 Å². The Morgan fingerprint density at radius 2 is 2.16 bits per heavy atom. The van der Waals surface area contributed by atoms with Gasteiger partial charge in [-0.3, -0.25) is 9.59 Å². The van der Waals surface area contributed by atoms with Crippen LogP contribution in [0.5, 0.6) is 0 Å². The molecule has 1 aliphatic rings. The molecule has 5 nitrogen and oxygen atoms in total. The second-order valence-corrected chi connectivity index (χ2v) is 4.89. The van der Waals surface area contributed by atoms with Crippen LogP contribution in [0.2, 0.25) is 0 Å². The lowest BCUT2D eigenvalue weighted by Gasteiger charge is -2.16. The molecule has 3 N–H and O–H groups in total. The number of para-hydroxylation sites is 1. The minimum atomic E-state index is -0.259. The number of H-pyrrole nitrogens is 1. The van der Waals surface area contributed by atoms with Gasteiger partial charge in [0.05, 0.1) is 5.56 Å². The Balaban J connectivity index is 2.09. The minimum Gasteiger partial charge on any atom is -0.337 e. The van der Waals surface area contributed by atoms with Gasteiger partial charge in [0, 0.05) is 36.1 Å². The Labute approximate surface area is 110 Å². The number of benzene rings is 1. The first kappa shape index (κ1) is 11.9. The molecule has 98 valence electrons. The van der Waals surface area contributed by atoms with Crippen LogP contribution in [-0.2, 0) is 0 Å². The number of carbonyl (C=O) groups excluding carboxylic acids is 1. The molecule has 2 heterocycles. The molecule has 1 amide bonds. The molecule has 1 fully saturated rings. The third-order valence-corrected chi connectivity index (χ3v) is 3.49. The van der Waals surface area contributed by atoms with Gasteiger partial charge < -0.3 is 15.6 Å². The van der Waals surface area contributed by atoms with Crippen LogP contribution < -0.4 is 11.3 Å². The highest BCUT2D eigenvalue weighted by Crippen LogP contribution is 2.18. The van der Waals surface area contributed by atoms with E-state index in [1.807, 2.05) is 18.2 Å². The number of pyridine rings is 1. The van der Waals surface area contributed by atoms with Crippen LogP contribution in [0.3, 0.4) is 0 Å². The number of aromatic nitrogens is 1. The van der Waals surface area contributed by atoms with Crippen LogP contribution in [-0.4, -0.2) is 34.9 Å². The largest absolute Gasteiger partial charge is 0.337 e. The molecule has 1 atom stereocenters. The van der Waals surface area contributed by atoms with Gasteiger partial charge in [0.25, 0.3) is 5.91 Å². The number of carbonyl (C=O) groups is 1. The molecule has 5 heteroatoms. The number of aromatic amines is 1. The van der Waals surface area contributed by atoms with Gasteiger partial charge in [-0.2, -0.15) is 0 Å². The molecule has 1 saturated heterocycles. The number of nitrogens with one attached hydrogen (secondary N) is 1. The van der Waals surface area contributed by atoms with Crippen LogP contribution in [0.4, 0.5) is 0 Å². The maximum Gasteiger partial charge on any atom is 0.254 e. The molecule has 0 bridgehead atoms. The standard InChI is InChI=1S/C14H15N3O2/c15-9-5-6-17(8-9)14(19)11-7-13(18)16-12-4-2-1-3-10(11)12/h1-4,7,9H,5-6,8,15H2,(H,16,18). The Bertz CT molecular complexity index is 692. The van der Waals surface area contributed by atoms with E-state index >= 15 is 0 Å². The van der Waals surface area contributed by atoms with E-state index in [2.05, 4.69) is 4.98 Å². The SMILES string of the molecule is NC1CCN(C(=O)c2cc(=O)[nH]c3ccccc23)C1. The topological polar surface area (TPSA) is 79.2 Å². The molecule has 0 saturated carbocycles. The quantitative estimate of drug-likeness (QED) is 0.789. The highest BCUT2D eigenvalue weighted by Gasteiger charge is 2.25. The minimum absolute atomic E-state index is 0.0391. The van der Waals surface area contributed by atoms with E-state index in [1.165, 1.54) is 6.07 Å². The third-order valence-electron chi connectivity index (χ3n) is 3.49. The zero-order valence-corrected chi connectivity index (χ0v) is 10.4. The summed E-state index contributed by atoms with van der Waals surface area (Å²) in [5.41, 5.74) is 6.70. The molecule has 0 radical (unpaired) electrons. The van der Waals surface area contributed by atoms with Crippen molar-refractivity contribution in [2.75, 3.05) is 13.1 Å². The smallest absolute Gasteiger partial charge is 0.254 e. The van der Waals surface area contributed by atoms with E-state index in [-0.39, 0.29) is 17.5 Å². The van der Waals surface area contributed by atoms with Crippen molar-refractivity contribution < 1.29 is 4.79 Å². The van der Waals surface area contributed by atoms with Crippen LogP contribution in [0.25, 0.3) is 10.9 Å². The maximum atomic E-state index is 12.5. The van der Waals surface area contributed by atoms with Crippen molar-refractivity contribution in [2.24, 2.45) is 5.73 Å². The predicted octanol–water partition coefficient (Wildman–Crippen LogP) is 0.701. The molecule has 1 unspecified atom stereocenters. The maximum absolute atomic E-state index is 12.5. The summed E-state index contributed by atoms with van der Waals surface area (Å²) in [6.07, 6.45) is 0.812. The van der Waals surface area contributed by atoms with Gasteiger partial charge >= 0.3 is 0 Å². The summed E-state index contributed by atoms with van der Waals surface area (Å²) in [7, 11) is 0. The second-order valence-electron chi connectivity index (χ2n) is 4.89. The molecule has 19 heavy (non-hydrogen) atoms. The number of nitrogens with zero attached hydrogens (tertiary/aromatic N) is 1. The lowest BCUT2D eigenvalue weighted by molar-refractivity contribution is 0.0792. The van der Waals surface area contributed by atoms with Crippen LogP contribution in [0.1, 0.15) is 16.8 Å². The van der Waals surface area contributed by atoms with Gasteiger partial charge in [0.2, 0.25) is 5.56 Å². The average molecular weight is 257 g/mol. The number of likely N-dealkylation sites (tertiary alicyclic amines) is 1. The summed E-state index contributed by atoms with van der Waals surface area (Å²) >= 11 is 0. The Morgan fingerprint density at radius 1 is 1.37 bits per heavy atom. The molecular weight excluding hydrogens is 242 g/mol. The summed E-state index contributed by atoms with van der Waals surface area (Å²) < 4.78 is 0. The van der Waals surface area contributed by atoms with Crippen molar-refractivity contribution >= 4 is 16.8 Å². The monoisotopic (exact) mass is 257 g/mol. The number of hydrogen-bond acceptors (Lipinski definition) is 3. The second kappa shape index (κ2) is 4.51. The number of nitrogens with two attached hydrogens (primary N) is 1. The fourth-order valence-corrected chi connectivity index (χ4v) is 2.52. The lowest BCUT2D eigenvalue weighted by atomic mass is 10.1. The molecule has 1 aliphatic heterocycles. The van der Waals surface area contributed by atoms with Crippen molar-refractivity contribution in [2.45, 2.75) is 12.5 Å². The number of hydrogen-bond donors (Lipinski definition) is 2. The molecule has 1 aromatic heterocycles. The van der Waals surface area contributed by atoms with Gasteiger partial charge in [0.1, 0.15) is 0 Å². The van der Waals surface area contributed by atoms with Gasteiger partial charge in [-0.25, -0.2) is 0 Å². The Morgan fingerprint density at radius 3 is 2.89 bits per heavy atom. The highest BCUT2D eigenvalue weighted by atomic mass is 16.2. The molecule has 3 rings (SSSR count). The van der Waals surface area contributed by atoms with Crippen molar-refractivity contribution in [3.05, 3.63) is 46.2 Å². The van der Waals surface area contributed by atoms with E-state index in [9.17, 15) is 9.59 Å². The number of rotatable bonds is 1. The summed E-state index contributed by atoms with van der Waals surface area (Å²) in [6.45, 7) is 1.21. The van der Waals surface area contributed by atoms with E-state index in [0.29, 0.717) is 24.2 Å². The zero-order valence-electron chi connectivity index (χ0n) is 10.4. The Hall–Kier alpha value is -2.14. The van der Waals surface area contributed by atoms with Crippen LogP contribution >= 0.6 is 0 Å². The molecule has 2 aromatic rings. The zero-order chi connectivity index (χ0) is 13.4. The Kier molecular flexibility index (Phi) is 2.83. The van der Waals surface area contributed by atoms with Crippen molar-refractivity contribution in [3.8, 4) is 0 Å². The first-order valence-electron chi connectivity index (χ1n) is 6.32. The van der Waals surface area contributed by atoms with E-state index in [0.717, 1.165) is 11.8 Å². The summed E-state index contributed by atoms with van der Waals surface area (Å²) in [5, 5.41) is 0.771. The molecule has 1 aromatic carbocycles. The van der Waals surface area contributed by atoms with Gasteiger partial charge in [0.15, 0.2) is 0 Å². The van der Waals surface area contributed by atoms with E-state index in [1.54, 1.807) is 11.0 Å². The average Bonchev–Trinajstić information content (AvgIpc) is 2.83. The summed E-state index contributed by atoms with van der Waals surface area (Å²) in [6, 6.07) is 8.73. The first-order valence-corrected chi connectivity index (χ1v) is 6.32. The normalized spacial score (nSPS) is 19.0.